The number of halogens is 1. The van der Waals surface area contributed by atoms with Crippen LogP contribution in [-0.4, -0.2) is 41.2 Å². The van der Waals surface area contributed by atoms with Crippen molar-refractivity contribution in [2.45, 2.75) is 32.8 Å². The lowest BCUT2D eigenvalue weighted by Gasteiger charge is -2.13. The molecule has 0 aliphatic carbocycles. The number of anilines is 2. The fraction of sp³-hybridized carbons (Fsp3) is 0.368. The van der Waals surface area contributed by atoms with Crippen LogP contribution in [0.2, 0.25) is 5.02 Å². The van der Waals surface area contributed by atoms with Gasteiger partial charge in [0, 0.05) is 28.7 Å². The number of nitrogens with one attached hydrogen (secondary N) is 3. The van der Waals surface area contributed by atoms with Gasteiger partial charge in [-0.25, -0.2) is 19.8 Å². The van der Waals surface area contributed by atoms with E-state index in [1.54, 1.807) is 24.3 Å². The second-order valence-corrected chi connectivity index (χ2v) is 6.95. The predicted molar refractivity (Wildman–Crippen MR) is 110 cm³/mol. The van der Waals surface area contributed by atoms with Gasteiger partial charge in [-0.15, -0.1) is 0 Å². The highest BCUT2D eigenvalue weighted by atomic mass is 35.5. The smallest absolute Gasteiger partial charge is 0.326 e. The van der Waals surface area contributed by atoms with E-state index in [0.717, 1.165) is 30.8 Å². The van der Waals surface area contributed by atoms with Crippen molar-refractivity contribution in [1.29, 1.82) is 0 Å². The lowest BCUT2D eigenvalue weighted by Crippen LogP contribution is -2.40. The number of rotatable bonds is 4. The number of urea groups is 1. The van der Waals surface area contributed by atoms with E-state index in [0.29, 0.717) is 23.2 Å². The van der Waals surface area contributed by atoms with Gasteiger partial charge in [-0.05, 0) is 57.0 Å². The van der Waals surface area contributed by atoms with Gasteiger partial charge in [0.25, 0.3) is 0 Å². The Labute approximate surface area is 168 Å². The zero-order valence-corrected chi connectivity index (χ0v) is 16.6. The number of nitrogens with zero attached hydrogens (tertiary/aromatic N) is 3. The molecule has 2 aromatic rings. The van der Waals surface area contributed by atoms with E-state index in [1.165, 1.54) is 0 Å². The summed E-state index contributed by atoms with van der Waals surface area (Å²) in [5, 5.41) is 9.03. The third kappa shape index (κ3) is 6.17. The molecular weight excluding hydrogens is 380 g/mol. The van der Waals surface area contributed by atoms with Crippen LogP contribution in [0.3, 0.4) is 0 Å². The average Bonchev–Trinajstić information content (AvgIpc) is 3.14. The maximum Gasteiger partial charge on any atom is 0.326 e. The molecule has 28 heavy (non-hydrogen) atoms. The van der Waals surface area contributed by atoms with E-state index in [2.05, 4.69) is 30.9 Å². The molecule has 1 aromatic heterocycles. The van der Waals surface area contributed by atoms with Crippen LogP contribution in [0, 0.1) is 13.8 Å². The predicted octanol–water partition coefficient (Wildman–Crippen LogP) is 3.52. The maximum absolute atomic E-state index is 12.4. The van der Waals surface area contributed by atoms with Crippen LogP contribution in [0.25, 0.3) is 0 Å². The van der Waals surface area contributed by atoms with Crippen LogP contribution in [0.4, 0.5) is 16.4 Å². The van der Waals surface area contributed by atoms with Crippen LogP contribution in [0.15, 0.2) is 35.3 Å². The number of carbonyl (C=O) groups is 1. The highest BCUT2D eigenvalue weighted by molar-refractivity contribution is 6.30. The summed E-state index contributed by atoms with van der Waals surface area (Å²) in [7, 11) is 0. The minimum absolute atomic E-state index is 0.0538. The number of ether oxygens (including phenoxy) is 1. The van der Waals surface area contributed by atoms with Crippen LogP contribution in [0.5, 0.6) is 0 Å². The molecule has 0 spiro atoms. The molecule has 1 aromatic carbocycles. The van der Waals surface area contributed by atoms with Crippen molar-refractivity contribution in [3.63, 3.8) is 0 Å². The lowest BCUT2D eigenvalue weighted by atomic mass is 10.2. The second-order valence-electron chi connectivity index (χ2n) is 6.51. The van der Waals surface area contributed by atoms with Gasteiger partial charge < -0.3 is 10.1 Å². The highest BCUT2D eigenvalue weighted by Crippen LogP contribution is 2.14. The Balaban J connectivity index is 1.69. The minimum atomic E-state index is -0.440. The molecule has 1 atom stereocenters. The number of hydrogen-bond donors (Lipinski definition) is 3. The van der Waals surface area contributed by atoms with E-state index >= 15 is 0 Å². The molecule has 1 fully saturated rings. The van der Waals surface area contributed by atoms with E-state index in [4.69, 9.17) is 16.3 Å². The van der Waals surface area contributed by atoms with E-state index < -0.39 is 6.03 Å². The first-order valence-corrected chi connectivity index (χ1v) is 9.44. The number of aromatic nitrogens is 2. The van der Waals surface area contributed by atoms with Crippen molar-refractivity contribution in [3.05, 3.63) is 46.7 Å². The van der Waals surface area contributed by atoms with Gasteiger partial charge in [0.1, 0.15) is 0 Å². The van der Waals surface area contributed by atoms with E-state index in [-0.39, 0.29) is 12.1 Å². The Morgan fingerprint density at radius 1 is 1.21 bits per heavy atom. The first kappa shape index (κ1) is 20.0. The lowest BCUT2D eigenvalue weighted by molar-refractivity contribution is 0.118. The molecule has 3 N–H and O–H groups in total. The Bertz CT molecular complexity index is 830. The largest absolute Gasteiger partial charge is 0.376 e. The first-order chi connectivity index (χ1) is 13.5. The SMILES string of the molecule is Cc1cc(C)nc(NC(=NCC2CCCO2)NC(=O)Nc2ccc(Cl)cc2)n1. The minimum Gasteiger partial charge on any atom is -0.376 e. The van der Waals surface area contributed by atoms with Gasteiger partial charge >= 0.3 is 6.03 Å². The summed E-state index contributed by atoms with van der Waals surface area (Å²) in [4.78, 5) is 25.5. The molecule has 1 aliphatic rings. The summed E-state index contributed by atoms with van der Waals surface area (Å²) in [6.45, 7) is 4.94. The third-order valence-electron chi connectivity index (χ3n) is 4.02. The number of aliphatic imine (C=N–C) groups is 1. The number of guanidine groups is 1. The number of benzene rings is 1. The molecule has 0 radical (unpaired) electrons. The monoisotopic (exact) mass is 402 g/mol. The Kier molecular flexibility index (Phi) is 6.78. The standard InChI is InChI=1S/C19H23ClN6O2/c1-12-10-13(2)23-18(22-12)25-17(21-11-16-4-3-9-28-16)26-19(27)24-15-7-5-14(20)6-8-15/h5-8,10,16H,3-4,9,11H2,1-2H3,(H3,21,22,23,24,25,26,27). The number of hydrogen-bond acceptors (Lipinski definition) is 5. The van der Waals surface area contributed by atoms with Gasteiger partial charge in [0.2, 0.25) is 11.9 Å². The van der Waals surface area contributed by atoms with E-state index in [9.17, 15) is 4.79 Å². The van der Waals surface area contributed by atoms with Crippen LogP contribution >= 0.6 is 11.6 Å². The number of amides is 2. The average molecular weight is 403 g/mol. The Morgan fingerprint density at radius 2 is 1.93 bits per heavy atom. The molecule has 2 heterocycles. The summed E-state index contributed by atoms with van der Waals surface area (Å²) in [5.41, 5.74) is 2.25. The fourth-order valence-corrected chi connectivity index (χ4v) is 2.91. The first-order valence-electron chi connectivity index (χ1n) is 9.07. The zero-order chi connectivity index (χ0) is 19.9. The highest BCUT2D eigenvalue weighted by Gasteiger charge is 2.16. The van der Waals surface area contributed by atoms with Crippen molar-refractivity contribution in [1.82, 2.24) is 15.3 Å². The van der Waals surface area contributed by atoms with Gasteiger partial charge in [-0.1, -0.05) is 11.6 Å². The molecule has 1 unspecified atom stereocenters. The maximum atomic E-state index is 12.4. The van der Waals surface area contributed by atoms with Crippen molar-refractivity contribution in [2.75, 3.05) is 23.8 Å². The third-order valence-corrected chi connectivity index (χ3v) is 4.28. The number of carbonyl (C=O) groups excluding carboxylic acids is 1. The molecule has 2 amide bonds. The molecule has 0 saturated carbocycles. The van der Waals surface area contributed by atoms with Gasteiger partial charge in [-0.3, -0.25) is 10.6 Å². The summed E-state index contributed by atoms with van der Waals surface area (Å²) < 4.78 is 5.60. The van der Waals surface area contributed by atoms with Crippen molar-refractivity contribution in [2.24, 2.45) is 4.99 Å². The van der Waals surface area contributed by atoms with Crippen LogP contribution in [-0.2, 0) is 4.74 Å². The zero-order valence-electron chi connectivity index (χ0n) is 15.8. The summed E-state index contributed by atoms with van der Waals surface area (Å²) in [6.07, 6.45) is 2.03. The summed E-state index contributed by atoms with van der Waals surface area (Å²) in [6, 6.07) is 8.26. The number of aryl methyl sites for hydroxylation is 2. The quantitative estimate of drug-likeness (QED) is 0.536. The molecule has 1 aliphatic heterocycles. The Morgan fingerprint density at radius 3 is 2.57 bits per heavy atom. The molecule has 9 heteroatoms. The van der Waals surface area contributed by atoms with Crippen molar-refractivity contribution >= 4 is 35.2 Å². The molecule has 3 rings (SSSR count). The normalized spacial score (nSPS) is 16.7. The van der Waals surface area contributed by atoms with Gasteiger partial charge in [0.05, 0.1) is 12.6 Å². The second kappa shape index (κ2) is 9.48. The van der Waals surface area contributed by atoms with Gasteiger partial charge in [-0.2, -0.15) is 0 Å². The molecular formula is C19H23ClN6O2. The summed E-state index contributed by atoms with van der Waals surface area (Å²) in [5.74, 6) is 0.627. The molecule has 8 nitrogen and oxygen atoms in total. The van der Waals surface area contributed by atoms with Gasteiger partial charge in [0.15, 0.2) is 0 Å². The van der Waals surface area contributed by atoms with Crippen molar-refractivity contribution in [3.8, 4) is 0 Å². The van der Waals surface area contributed by atoms with Crippen LogP contribution < -0.4 is 16.0 Å². The van der Waals surface area contributed by atoms with E-state index in [1.807, 2.05) is 19.9 Å². The van der Waals surface area contributed by atoms with Crippen molar-refractivity contribution < 1.29 is 9.53 Å². The fourth-order valence-electron chi connectivity index (χ4n) is 2.78. The summed E-state index contributed by atoms with van der Waals surface area (Å²) >= 11 is 5.87. The van der Waals surface area contributed by atoms with Crippen LogP contribution in [0.1, 0.15) is 24.2 Å². The molecule has 1 saturated heterocycles. The molecule has 0 bridgehead atoms. The molecule has 148 valence electrons. The Hall–Kier alpha value is -2.71. The topological polar surface area (TPSA) is 101 Å².